The zero-order valence-corrected chi connectivity index (χ0v) is 11.3. The van der Waals surface area contributed by atoms with Crippen molar-refractivity contribution in [2.24, 2.45) is 5.92 Å². The minimum Gasteiger partial charge on any atom is -0.394 e. The maximum absolute atomic E-state index is 11.6. The Labute approximate surface area is 112 Å². The molecule has 2 rings (SSSR count). The number of nitrogens with zero attached hydrogens (tertiary/aromatic N) is 3. The van der Waals surface area contributed by atoms with Crippen LogP contribution in [0.1, 0.15) is 30.8 Å². The highest BCUT2D eigenvalue weighted by atomic mass is 16.3. The Bertz CT molecular complexity index is 435. The number of aliphatic hydroxyl groups excluding tert-OH is 1. The third-order valence-corrected chi connectivity index (χ3v) is 3.58. The molecule has 0 aromatic carbocycles. The average Bonchev–Trinajstić information content (AvgIpc) is 2.80. The quantitative estimate of drug-likeness (QED) is 0.824. The van der Waals surface area contributed by atoms with Crippen LogP contribution in [0.25, 0.3) is 0 Å². The molecule has 0 aliphatic carbocycles. The molecule has 1 aliphatic rings. The number of carbonyl (C=O) groups is 1. The highest BCUT2D eigenvalue weighted by Gasteiger charge is 2.31. The zero-order valence-electron chi connectivity index (χ0n) is 11.3. The maximum atomic E-state index is 11.6. The van der Waals surface area contributed by atoms with Crippen LogP contribution in [-0.4, -0.2) is 46.9 Å². The molecule has 2 unspecified atom stereocenters. The molecule has 0 radical (unpaired) electrons. The molecular formula is C13H20N4O2. The fraction of sp³-hybridized carbons (Fsp3) is 0.615. The lowest BCUT2D eigenvalue weighted by Crippen LogP contribution is -2.36. The van der Waals surface area contributed by atoms with Gasteiger partial charge in [-0.05, 0) is 31.4 Å². The van der Waals surface area contributed by atoms with Crippen molar-refractivity contribution in [1.82, 2.24) is 15.5 Å². The van der Waals surface area contributed by atoms with Gasteiger partial charge in [0.15, 0.2) is 11.5 Å². The Kier molecular flexibility index (Phi) is 4.31. The molecule has 6 nitrogen and oxygen atoms in total. The lowest BCUT2D eigenvalue weighted by atomic mass is 10.0. The molecule has 1 aromatic heterocycles. The van der Waals surface area contributed by atoms with E-state index in [9.17, 15) is 9.90 Å². The Morgan fingerprint density at radius 3 is 2.89 bits per heavy atom. The summed E-state index contributed by atoms with van der Waals surface area (Å²) in [4.78, 5) is 13.6. The Hall–Kier alpha value is -1.69. The zero-order chi connectivity index (χ0) is 13.8. The van der Waals surface area contributed by atoms with Gasteiger partial charge in [0.05, 0.1) is 12.6 Å². The fourth-order valence-electron chi connectivity index (χ4n) is 2.42. The van der Waals surface area contributed by atoms with Gasteiger partial charge in [-0.3, -0.25) is 4.79 Å². The first kappa shape index (κ1) is 13.7. The second kappa shape index (κ2) is 5.97. The molecule has 0 spiro atoms. The first-order valence-corrected chi connectivity index (χ1v) is 6.66. The van der Waals surface area contributed by atoms with Crippen molar-refractivity contribution in [3.8, 4) is 0 Å². The third kappa shape index (κ3) is 2.84. The summed E-state index contributed by atoms with van der Waals surface area (Å²) in [7, 11) is 0. The number of aromatic nitrogens is 2. The SMILES string of the molecule is CCNC(=O)c1ccc(N2CCC(C)C2CO)nn1. The molecule has 19 heavy (non-hydrogen) atoms. The summed E-state index contributed by atoms with van der Waals surface area (Å²) in [5, 5.41) is 20.2. The second-order valence-corrected chi connectivity index (χ2v) is 4.85. The molecule has 1 fully saturated rings. The molecular weight excluding hydrogens is 244 g/mol. The molecule has 1 aromatic rings. The predicted octanol–water partition coefficient (Wildman–Crippen LogP) is 0.433. The van der Waals surface area contributed by atoms with Crippen LogP contribution >= 0.6 is 0 Å². The van der Waals surface area contributed by atoms with Crippen molar-refractivity contribution >= 4 is 11.7 Å². The van der Waals surface area contributed by atoms with E-state index in [0.717, 1.165) is 18.8 Å². The monoisotopic (exact) mass is 264 g/mol. The van der Waals surface area contributed by atoms with Crippen LogP contribution in [0.5, 0.6) is 0 Å². The molecule has 1 aliphatic heterocycles. The summed E-state index contributed by atoms with van der Waals surface area (Å²) >= 11 is 0. The van der Waals surface area contributed by atoms with Crippen LogP contribution in [0.3, 0.4) is 0 Å². The smallest absolute Gasteiger partial charge is 0.271 e. The topological polar surface area (TPSA) is 78.4 Å². The number of anilines is 1. The molecule has 0 saturated carbocycles. The van der Waals surface area contributed by atoms with Gasteiger partial charge in [0, 0.05) is 13.1 Å². The Morgan fingerprint density at radius 2 is 2.32 bits per heavy atom. The van der Waals surface area contributed by atoms with Crippen LogP contribution in [0.15, 0.2) is 12.1 Å². The maximum Gasteiger partial charge on any atom is 0.271 e. The van der Waals surface area contributed by atoms with E-state index in [1.807, 2.05) is 6.92 Å². The first-order valence-electron chi connectivity index (χ1n) is 6.66. The van der Waals surface area contributed by atoms with E-state index in [-0.39, 0.29) is 18.6 Å². The Balaban J connectivity index is 2.12. The van der Waals surface area contributed by atoms with E-state index in [1.54, 1.807) is 12.1 Å². The summed E-state index contributed by atoms with van der Waals surface area (Å²) < 4.78 is 0. The minimum atomic E-state index is -0.213. The van der Waals surface area contributed by atoms with Crippen molar-refractivity contribution in [1.29, 1.82) is 0 Å². The number of rotatable bonds is 4. The van der Waals surface area contributed by atoms with Crippen molar-refractivity contribution in [2.75, 3.05) is 24.6 Å². The van der Waals surface area contributed by atoms with Gasteiger partial charge >= 0.3 is 0 Å². The van der Waals surface area contributed by atoms with Gasteiger partial charge in [0.1, 0.15) is 0 Å². The van der Waals surface area contributed by atoms with E-state index in [4.69, 9.17) is 0 Å². The molecule has 0 bridgehead atoms. The highest BCUT2D eigenvalue weighted by Crippen LogP contribution is 2.27. The summed E-state index contributed by atoms with van der Waals surface area (Å²) in [6.45, 7) is 5.52. The van der Waals surface area contributed by atoms with Crippen LogP contribution in [0, 0.1) is 5.92 Å². The van der Waals surface area contributed by atoms with Crippen molar-refractivity contribution in [3.05, 3.63) is 17.8 Å². The van der Waals surface area contributed by atoms with Crippen LogP contribution in [0.4, 0.5) is 5.82 Å². The largest absolute Gasteiger partial charge is 0.394 e. The standard InChI is InChI=1S/C13H20N4O2/c1-3-14-13(19)10-4-5-12(16-15-10)17-7-6-9(2)11(17)8-18/h4-5,9,11,18H,3,6-8H2,1-2H3,(H,14,19). The van der Waals surface area contributed by atoms with E-state index >= 15 is 0 Å². The number of hydrogen-bond acceptors (Lipinski definition) is 5. The van der Waals surface area contributed by atoms with Crippen molar-refractivity contribution < 1.29 is 9.90 Å². The predicted molar refractivity (Wildman–Crippen MR) is 72.0 cm³/mol. The normalized spacial score (nSPS) is 22.6. The van der Waals surface area contributed by atoms with Crippen LogP contribution in [-0.2, 0) is 0 Å². The number of carbonyl (C=O) groups excluding carboxylic acids is 1. The minimum absolute atomic E-state index is 0.0876. The molecule has 2 heterocycles. The molecule has 104 valence electrons. The molecule has 1 saturated heterocycles. The van der Waals surface area contributed by atoms with Gasteiger partial charge < -0.3 is 15.3 Å². The third-order valence-electron chi connectivity index (χ3n) is 3.58. The van der Waals surface area contributed by atoms with Gasteiger partial charge in [-0.2, -0.15) is 0 Å². The van der Waals surface area contributed by atoms with E-state index < -0.39 is 0 Å². The molecule has 2 N–H and O–H groups in total. The van der Waals surface area contributed by atoms with Crippen LogP contribution < -0.4 is 10.2 Å². The summed E-state index contributed by atoms with van der Waals surface area (Å²) in [6.07, 6.45) is 1.03. The van der Waals surface area contributed by atoms with Gasteiger partial charge in [-0.1, -0.05) is 6.92 Å². The van der Waals surface area contributed by atoms with Crippen molar-refractivity contribution in [2.45, 2.75) is 26.3 Å². The number of amides is 1. The first-order chi connectivity index (χ1) is 9.17. The van der Waals surface area contributed by atoms with Crippen molar-refractivity contribution in [3.63, 3.8) is 0 Å². The van der Waals surface area contributed by atoms with E-state index in [2.05, 4.69) is 27.3 Å². The summed E-state index contributed by atoms with van der Waals surface area (Å²) in [5.41, 5.74) is 0.318. The molecule has 6 heteroatoms. The van der Waals surface area contributed by atoms with Crippen LogP contribution in [0.2, 0.25) is 0 Å². The van der Waals surface area contributed by atoms with E-state index in [1.165, 1.54) is 0 Å². The van der Waals surface area contributed by atoms with Gasteiger partial charge in [0.25, 0.3) is 5.91 Å². The summed E-state index contributed by atoms with van der Waals surface area (Å²) in [5.74, 6) is 0.946. The fourth-order valence-corrected chi connectivity index (χ4v) is 2.42. The number of nitrogens with one attached hydrogen (secondary N) is 1. The highest BCUT2D eigenvalue weighted by molar-refractivity contribution is 5.92. The Morgan fingerprint density at radius 1 is 1.53 bits per heavy atom. The van der Waals surface area contributed by atoms with Gasteiger partial charge in [-0.25, -0.2) is 0 Å². The lowest BCUT2D eigenvalue weighted by molar-refractivity contribution is 0.0950. The number of aliphatic hydroxyl groups is 1. The van der Waals surface area contributed by atoms with Gasteiger partial charge in [-0.15, -0.1) is 10.2 Å². The number of hydrogen-bond donors (Lipinski definition) is 2. The average molecular weight is 264 g/mol. The van der Waals surface area contributed by atoms with Gasteiger partial charge in [0.2, 0.25) is 0 Å². The molecule has 2 atom stereocenters. The molecule has 1 amide bonds. The lowest BCUT2D eigenvalue weighted by Gasteiger charge is -2.25. The second-order valence-electron chi connectivity index (χ2n) is 4.85. The summed E-state index contributed by atoms with van der Waals surface area (Å²) in [6, 6.07) is 3.55. The van der Waals surface area contributed by atoms with E-state index in [0.29, 0.717) is 18.2 Å².